The van der Waals surface area contributed by atoms with Crippen LogP contribution in [0.3, 0.4) is 0 Å². The standard InChI is InChI=1S/C17H10F4N6O2/c1-26(15(28)17(19,20)21)13-6-5-12-22-11(8-27(12)24-13)9-3-2-4-10(7-9)14-23-16(18)29-25-14/h2-8H,1H3. The topological polar surface area (TPSA) is 89.4 Å². The number of hydrogen-bond donors (Lipinski definition) is 0. The summed E-state index contributed by atoms with van der Waals surface area (Å²) in [5.74, 6) is -2.18. The molecule has 4 aromatic rings. The first-order valence-electron chi connectivity index (χ1n) is 8.04. The molecule has 0 radical (unpaired) electrons. The van der Waals surface area contributed by atoms with E-state index >= 15 is 0 Å². The number of hydrogen-bond acceptors (Lipinski definition) is 6. The Balaban J connectivity index is 1.69. The third-order valence-electron chi connectivity index (χ3n) is 4.01. The fourth-order valence-electron chi connectivity index (χ4n) is 2.62. The van der Waals surface area contributed by atoms with Crippen LogP contribution in [0.5, 0.6) is 0 Å². The average Bonchev–Trinajstić information content (AvgIpc) is 3.31. The lowest BCUT2D eigenvalue weighted by Crippen LogP contribution is -2.39. The van der Waals surface area contributed by atoms with Gasteiger partial charge in [0.1, 0.15) is 0 Å². The molecule has 29 heavy (non-hydrogen) atoms. The highest BCUT2D eigenvalue weighted by Crippen LogP contribution is 2.26. The largest absolute Gasteiger partial charge is 0.471 e. The van der Waals surface area contributed by atoms with Gasteiger partial charge in [-0.2, -0.15) is 18.2 Å². The molecule has 0 fully saturated rings. The van der Waals surface area contributed by atoms with Crippen LogP contribution in [0.4, 0.5) is 23.4 Å². The van der Waals surface area contributed by atoms with Crippen LogP contribution < -0.4 is 4.90 Å². The lowest BCUT2D eigenvalue weighted by atomic mass is 10.1. The summed E-state index contributed by atoms with van der Waals surface area (Å²) >= 11 is 0. The van der Waals surface area contributed by atoms with E-state index in [0.29, 0.717) is 27.4 Å². The first-order chi connectivity index (χ1) is 13.7. The van der Waals surface area contributed by atoms with Gasteiger partial charge in [0.15, 0.2) is 11.5 Å². The van der Waals surface area contributed by atoms with Crippen molar-refractivity contribution in [1.82, 2.24) is 24.7 Å². The fourth-order valence-corrected chi connectivity index (χ4v) is 2.62. The van der Waals surface area contributed by atoms with E-state index < -0.39 is 18.2 Å². The van der Waals surface area contributed by atoms with E-state index in [2.05, 4.69) is 24.7 Å². The zero-order valence-corrected chi connectivity index (χ0v) is 14.6. The first-order valence-corrected chi connectivity index (χ1v) is 8.04. The number of rotatable bonds is 3. The first kappa shape index (κ1) is 18.5. The number of aromatic nitrogens is 5. The van der Waals surface area contributed by atoms with Gasteiger partial charge in [-0.25, -0.2) is 9.50 Å². The van der Waals surface area contributed by atoms with Crippen LogP contribution in [0.15, 0.2) is 47.1 Å². The Morgan fingerprint density at radius 1 is 1.14 bits per heavy atom. The average molecular weight is 406 g/mol. The molecule has 0 atom stereocenters. The summed E-state index contributed by atoms with van der Waals surface area (Å²) in [5.41, 5.74) is 1.90. The zero-order chi connectivity index (χ0) is 20.8. The Kier molecular flexibility index (Phi) is 4.25. The van der Waals surface area contributed by atoms with Crippen LogP contribution in [-0.4, -0.2) is 43.9 Å². The third kappa shape index (κ3) is 3.51. The van der Waals surface area contributed by atoms with Crippen molar-refractivity contribution in [3.63, 3.8) is 0 Å². The van der Waals surface area contributed by atoms with Gasteiger partial charge in [0.05, 0.1) is 11.9 Å². The Bertz CT molecular complexity index is 1220. The number of nitrogens with zero attached hydrogens (tertiary/aromatic N) is 6. The van der Waals surface area contributed by atoms with E-state index in [4.69, 9.17) is 0 Å². The van der Waals surface area contributed by atoms with Crippen LogP contribution in [0.25, 0.3) is 28.3 Å². The van der Waals surface area contributed by atoms with Gasteiger partial charge in [-0.05, 0) is 18.2 Å². The quantitative estimate of drug-likeness (QED) is 0.486. The van der Waals surface area contributed by atoms with Gasteiger partial charge in [-0.15, -0.1) is 9.49 Å². The Labute approximate surface area is 159 Å². The van der Waals surface area contributed by atoms with Gasteiger partial charge in [0.2, 0.25) is 5.82 Å². The van der Waals surface area contributed by atoms with E-state index in [1.165, 1.54) is 22.8 Å². The molecule has 0 saturated heterocycles. The van der Waals surface area contributed by atoms with E-state index in [9.17, 15) is 22.4 Å². The summed E-state index contributed by atoms with van der Waals surface area (Å²) in [4.78, 5) is 19.7. The molecule has 3 heterocycles. The Hall–Kier alpha value is -3.83. The zero-order valence-electron chi connectivity index (χ0n) is 14.6. The molecule has 1 amide bonds. The van der Waals surface area contributed by atoms with Crippen molar-refractivity contribution in [2.45, 2.75) is 6.18 Å². The second-order valence-corrected chi connectivity index (χ2v) is 5.93. The molecule has 0 bridgehead atoms. The van der Waals surface area contributed by atoms with Crippen LogP contribution in [0.2, 0.25) is 0 Å². The normalized spacial score (nSPS) is 11.8. The smallest absolute Gasteiger partial charge is 0.303 e. The number of alkyl halides is 3. The number of amides is 1. The molecular weight excluding hydrogens is 396 g/mol. The molecule has 3 aromatic heterocycles. The van der Waals surface area contributed by atoms with Crippen LogP contribution in [0, 0.1) is 6.14 Å². The maximum atomic E-state index is 12.9. The summed E-state index contributed by atoms with van der Waals surface area (Å²) in [7, 11) is 0.981. The minimum absolute atomic E-state index is 0.0563. The number of fused-ring (bicyclic) bond motifs is 1. The number of anilines is 1. The molecule has 0 spiro atoms. The summed E-state index contributed by atoms with van der Waals surface area (Å²) < 4.78 is 56.4. The molecule has 0 aliphatic heterocycles. The molecule has 0 unspecified atom stereocenters. The highest BCUT2D eigenvalue weighted by molar-refractivity contribution is 5.96. The summed E-state index contributed by atoms with van der Waals surface area (Å²) in [6.07, 6.45) is -4.59. The van der Waals surface area contributed by atoms with Gasteiger partial charge < -0.3 is 4.52 Å². The minimum atomic E-state index is -5.01. The van der Waals surface area contributed by atoms with Crippen LogP contribution in [0.1, 0.15) is 0 Å². The van der Waals surface area contributed by atoms with Crippen LogP contribution in [-0.2, 0) is 4.79 Å². The molecule has 0 aliphatic rings. The SMILES string of the molecule is CN(C(=O)C(F)(F)F)c1ccc2nc(-c3cccc(-c4noc(F)n4)c3)cn2n1. The summed E-state index contributed by atoms with van der Waals surface area (Å²) in [6, 6.07) is 9.39. The Morgan fingerprint density at radius 3 is 2.59 bits per heavy atom. The second-order valence-electron chi connectivity index (χ2n) is 5.93. The highest BCUT2D eigenvalue weighted by Gasteiger charge is 2.42. The maximum absolute atomic E-state index is 12.9. The van der Waals surface area contributed by atoms with Crippen molar-refractivity contribution >= 4 is 17.4 Å². The maximum Gasteiger partial charge on any atom is 0.471 e. The number of halogens is 4. The van der Waals surface area contributed by atoms with Crippen molar-refractivity contribution < 1.29 is 26.9 Å². The van der Waals surface area contributed by atoms with Crippen molar-refractivity contribution in [3.8, 4) is 22.6 Å². The fraction of sp³-hybridized carbons (Fsp3) is 0.118. The molecule has 0 saturated carbocycles. The molecule has 0 N–H and O–H groups in total. The lowest BCUT2D eigenvalue weighted by Gasteiger charge is -2.17. The van der Waals surface area contributed by atoms with Crippen molar-refractivity contribution in [2.75, 3.05) is 11.9 Å². The summed E-state index contributed by atoms with van der Waals surface area (Å²) in [5, 5.41) is 7.51. The highest BCUT2D eigenvalue weighted by atomic mass is 19.4. The molecule has 4 rings (SSSR count). The molecule has 0 aliphatic carbocycles. The second kappa shape index (κ2) is 6.65. The Morgan fingerprint density at radius 2 is 1.90 bits per heavy atom. The molecule has 1 aromatic carbocycles. The van der Waals surface area contributed by atoms with Crippen molar-refractivity contribution in [1.29, 1.82) is 0 Å². The lowest BCUT2D eigenvalue weighted by molar-refractivity contribution is -0.170. The minimum Gasteiger partial charge on any atom is -0.303 e. The number of carbonyl (C=O) groups excluding carboxylic acids is 1. The predicted molar refractivity (Wildman–Crippen MR) is 91.1 cm³/mol. The van der Waals surface area contributed by atoms with Gasteiger partial charge >= 0.3 is 18.2 Å². The number of imidazole rings is 1. The third-order valence-corrected chi connectivity index (χ3v) is 4.01. The van der Waals surface area contributed by atoms with E-state index in [1.54, 1.807) is 24.3 Å². The van der Waals surface area contributed by atoms with Crippen molar-refractivity contribution in [2.24, 2.45) is 0 Å². The monoisotopic (exact) mass is 406 g/mol. The van der Waals surface area contributed by atoms with Crippen molar-refractivity contribution in [3.05, 3.63) is 48.7 Å². The van der Waals surface area contributed by atoms with Gasteiger partial charge in [-0.3, -0.25) is 9.69 Å². The van der Waals surface area contributed by atoms with E-state index in [1.807, 2.05) is 0 Å². The van der Waals surface area contributed by atoms with Gasteiger partial charge in [0.25, 0.3) is 0 Å². The van der Waals surface area contributed by atoms with Gasteiger partial charge in [-0.1, -0.05) is 23.4 Å². The van der Waals surface area contributed by atoms with E-state index in [0.717, 1.165) is 7.05 Å². The van der Waals surface area contributed by atoms with Gasteiger partial charge in [0, 0.05) is 18.2 Å². The number of benzene rings is 1. The summed E-state index contributed by atoms with van der Waals surface area (Å²) in [6.45, 7) is 0. The predicted octanol–water partition coefficient (Wildman–Crippen LogP) is 3.11. The molecule has 8 nitrogen and oxygen atoms in total. The number of carbonyl (C=O) groups is 1. The molecule has 12 heteroatoms. The van der Waals surface area contributed by atoms with Crippen LogP contribution >= 0.6 is 0 Å². The molecule has 148 valence electrons. The van der Waals surface area contributed by atoms with E-state index in [-0.39, 0.29) is 11.6 Å². The molecular formula is C17H10F4N6O2.